The first-order chi connectivity index (χ1) is 22.0. The Balaban J connectivity index is 0.000000266. The Morgan fingerprint density at radius 1 is 1.26 bits per heavy atom. The predicted octanol–water partition coefficient (Wildman–Crippen LogP) is 1.73. The fraction of sp³-hybridized carbons (Fsp3) is 0.581. The molecule has 46 heavy (non-hydrogen) atoms. The van der Waals surface area contributed by atoms with E-state index in [-0.39, 0.29) is 42.7 Å². The molecule has 2 saturated heterocycles. The third kappa shape index (κ3) is 8.40. The Morgan fingerprint density at radius 2 is 2.00 bits per heavy atom. The van der Waals surface area contributed by atoms with Crippen LogP contribution in [0.1, 0.15) is 76.5 Å². The SMILES string of the molecule is COc1c(C)c2c(c(O)c1CC=C(C)CC(CCN1CCOCC1)C(=O)O)C(=O)OC2.NC(=O)c1ncn(C2CCC(CO)O2)n1. The highest BCUT2D eigenvalue weighted by atomic mass is 16.5. The Kier molecular flexibility index (Phi) is 12.1. The van der Waals surface area contributed by atoms with Crippen molar-refractivity contribution in [1.29, 1.82) is 0 Å². The lowest BCUT2D eigenvalue weighted by Crippen LogP contribution is -2.38. The van der Waals surface area contributed by atoms with Gasteiger partial charge < -0.3 is 40.0 Å². The number of phenolic OH excluding ortho intramolecular Hbond substituents is 1. The summed E-state index contributed by atoms with van der Waals surface area (Å²) in [5.41, 5.74) is 8.07. The average molecular weight is 646 g/mol. The lowest BCUT2D eigenvalue weighted by atomic mass is 9.93. The van der Waals surface area contributed by atoms with Crippen molar-refractivity contribution in [3.8, 4) is 11.5 Å². The quantitative estimate of drug-likeness (QED) is 0.192. The lowest BCUT2D eigenvalue weighted by Gasteiger charge is -2.27. The van der Waals surface area contributed by atoms with Crippen molar-refractivity contribution in [2.75, 3.05) is 46.6 Å². The van der Waals surface area contributed by atoms with Crippen LogP contribution in [0.4, 0.5) is 0 Å². The average Bonchev–Trinajstić information content (AvgIpc) is 3.81. The number of aromatic nitrogens is 3. The second-order valence-electron chi connectivity index (χ2n) is 11.5. The van der Waals surface area contributed by atoms with E-state index in [1.807, 2.05) is 19.9 Å². The number of carbonyl (C=O) groups is 3. The van der Waals surface area contributed by atoms with Crippen molar-refractivity contribution in [1.82, 2.24) is 19.7 Å². The van der Waals surface area contributed by atoms with E-state index in [4.69, 9.17) is 29.8 Å². The maximum absolute atomic E-state index is 12.0. The molecule has 5 rings (SSSR count). The maximum Gasteiger partial charge on any atom is 0.342 e. The van der Waals surface area contributed by atoms with E-state index in [1.54, 1.807) is 0 Å². The van der Waals surface area contributed by atoms with Crippen molar-refractivity contribution in [2.24, 2.45) is 11.7 Å². The number of aromatic hydroxyl groups is 1. The standard InChI is InChI=1S/C23H31NO7.C8H12N4O3/c1-14(12-16(22(26)27)6-7-24-8-10-30-11-9-24)4-5-17-20(25)19-18(13-31-23(19)28)15(2)21(17)29-3;9-7(14)8-10-4-12(11-8)6-2-1-5(3-13)15-6/h4,16,25H,5-13H2,1-3H3,(H,26,27);4-6,13H,1-3H2,(H2,9,14). The summed E-state index contributed by atoms with van der Waals surface area (Å²) >= 11 is 0. The normalized spacial score (nSPS) is 20.4. The van der Waals surface area contributed by atoms with Gasteiger partial charge in [0.1, 0.15) is 30.0 Å². The number of carboxylic acids is 1. The van der Waals surface area contributed by atoms with Crippen molar-refractivity contribution in [3.05, 3.63) is 46.1 Å². The van der Waals surface area contributed by atoms with Gasteiger partial charge in [0, 0.05) is 24.2 Å². The van der Waals surface area contributed by atoms with Gasteiger partial charge in [-0.25, -0.2) is 14.5 Å². The molecule has 3 atom stereocenters. The number of esters is 1. The van der Waals surface area contributed by atoms with Gasteiger partial charge in [-0.3, -0.25) is 14.5 Å². The number of nitrogens with two attached hydrogens (primary N) is 1. The molecule has 3 aliphatic heterocycles. The molecule has 2 aromatic rings. The van der Waals surface area contributed by atoms with Gasteiger partial charge in [-0.05, 0) is 58.1 Å². The molecule has 15 nitrogen and oxygen atoms in total. The highest BCUT2D eigenvalue weighted by molar-refractivity contribution is 5.98. The number of nitrogens with zero attached hydrogens (tertiary/aromatic N) is 4. The molecule has 1 amide bonds. The molecule has 3 aliphatic rings. The third-order valence-electron chi connectivity index (χ3n) is 8.43. The van der Waals surface area contributed by atoms with Crippen LogP contribution in [0.3, 0.4) is 0 Å². The summed E-state index contributed by atoms with van der Waals surface area (Å²) < 4.78 is 22.8. The largest absolute Gasteiger partial charge is 0.507 e. The summed E-state index contributed by atoms with van der Waals surface area (Å²) in [6.07, 6.45) is 5.73. The monoisotopic (exact) mass is 645 g/mol. The van der Waals surface area contributed by atoms with Crippen LogP contribution in [0.25, 0.3) is 0 Å². The van der Waals surface area contributed by atoms with Crippen molar-refractivity contribution in [3.63, 3.8) is 0 Å². The predicted molar refractivity (Wildman–Crippen MR) is 162 cm³/mol. The molecule has 3 unspecified atom stereocenters. The van der Waals surface area contributed by atoms with E-state index >= 15 is 0 Å². The number of rotatable bonds is 12. The first-order valence-corrected chi connectivity index (χ1v) is 15.3. The van der Waals surface area contributed by atoms with Gasteiger partial charge >= 0.3 is 11.9 Å². The van der Waals surface area contributed by atoms with Crippen LogP contribution in [-0.2, 0) is 32.0 Å². The maximum atomic E-state index is 12.0. The van der Waals surface area contributed by atoms with Crippen LogP contribution in [0.2, 0.25) is 0 Å². The molecule has 1 aromatic carbocycles. The minimum Gasteiger partial charge on any atom is -0.507 e. The second kappa shape index (κ2) is 16.0. The molecule has 2 fully saturated rings. The lowest BCUT2D eigenvalue weighted by molar-refractivity contribution is -0.142. The first-order valence-electron chi connectivity index (χ1n) is 15.3. The van der Waals surface area contributed by atoms with Gasteiger partial charge in [-0.1, -0.05) is 11.6 Å². The first kappa shape index (κ1) is 34.8. The summed E-state index contributed by atoms with van der Waals surface area (Å²) in [4.78, 5) is 40.5. The van der Waals surface area contributed by atoms with Gasteiger partial charge in [-0.15, -0.1) is 5.10 Å². The Morgan fingerprint density at radius 3 is 2.61 bits per heavy atom. The smallest absolute Gasteiger partial charge is 0.342 e. The summed E-state index contributed by atoms with van der Waals surface area (Å²) in [6, 6.07) is 0. The number of carboxylic acid groups (broad SMARTS) is 1. The van der Waals surface area contributed by atoms with Crippen LogP contribution < -0.4 is 10.5 Å². The summed E-state index contributed by atoms with van der Waals surface area (Å²) in [5.74, 6) is -2.10. The highest BCUT2D eigenvalue weighted by Gasteiger charge is 2.32. The number of phenols is 1. The minimum atomic E-state index is -0.808. The number of primary amides is 1. The number of allylic oxidation sites excluding steroid dienone is 2. The van der Waals surface area contributed by atoms with Gasteiger partial charge in [-0.2, -0.15) is 0 Å². The van der Waals surface area contributed by atoms with Gasteiger partial charge in [0.15, 0.2) is 6.23 Å². The van der Waals surface area contributed by atoms with E-state index < -0.39 is 23.8 Å². The number of fused-ring (bicyclic) bond motifs is 1. The molecule has 0 saturated carbocycles. The molecule has 0 aliphatic carbocycles. The number of carbonyl (C=O) groups excluding carboxylic acids is 2. The molecule has 5 N–H and O–H groups in total. The molecule has 15 heteroatoms. The van der Waals surface area contributed by atoms with Crippen LogP contribution in [0.5, 0.6) is 11.5 Å². The zero-order chi connectivity index (χ0) is 33.4. The molecule has 252 valence electrons. The topological polar surface area (TPSA) is 209 Å². The number of morpholine rings is 1. The van der Waals surface area contributed by atoms with Gasteiger partial charge in [0.2, 0.25) is 5.82 Å². The van der Waals surface area contributed by atoms with Gasteiger partial charge in [0.25, 0.3) is 5.91 Å². The van der Waals surface area contributed by atoms with Crippen LogP contribution in [0, 0.1) is 12.8 Å². The Bertz CT molecular complexity index is 1440. The fourth-order valence-electron chi connectivity index (χ4n) is 5.79. The fourth-order valence-corrected chi connectivity index (χ4v) is 5.79. The number of aliphatic carboxylic acids is 1. The molecule has 0 bridgehead atoms. The number of methoxy groups -OCH3 is 1. The Hall–Kier alpha value is -4.05. The summed E-state index contributed by atoms with van der Waals surface area (Å²) in [6.45, 7) is 7.63. The highest BCUT2D eigenvalue weighted by Crippen LogP contribution is 2.42. The van der Waals surface area contributed by atoms with Gasteiger partial charge in [0.05, 0.1) is 39.0 Å². The molecular formula is C31H43N5O10. The third-order valence-corrected chi connectivity index (χ3v) is 8.43. The zero-order valence-electron chi connectivity index (χ0n) is 26.4. The van der Waals surface area contributed by atoms with E-state index in [1.165, 1.54) is 18.1 Å². The van der Waals surface area contributed by atoms with Crippen molar-refractivity contribution >= 4 is 17.8 Å². The van der Waals surface area contributed by atoms with Crippen LogP contribution in [0.15, 0.2) is 18.0 Å². The molecule has 4 heterocycles. The number of hydrogen-bond acceptors (Lipinski definition) is 12. The van der Waals surface area contributed by atoms with E-state index in [0.717, 1.165) is 43.6 Å². The number of hydrogen-bond donors (Lipinski definition) is 4. The molecule has 1 aromatic heterocycles. The summed E-state index contributed by atoms with van der Waals surface area (Å²) in [7, 11) is 1.53. The zero-order valence-corrected chi connectivity index (χ0v) is 26.4. The number of aliphatic hydroxyl groups excluding tert-OH is 1. The van der Waals surface area contributed by atoms with E-state index in [9.17, 15) is 24.6 Å². The van der Waals surface area contributed by atoms with Crippen LogP contribution in [-0.4, -0.2) is 105 Å². The minimum absolute atomic E-state index is 0.00608. The molecule has 0 radical (unpaired) electrons. The number of aliphatic hydroxyl groups is 1. The molecular weight excluding hydrogens is 602 g/mol. The molecule has 0 spiro atoms. The van der Waals surface area contributed by atoms with Crippen LogP contribution >= 0.6 is 0 Å². The van der Waals surface area contributed by atoms with Crippen molar-refractivity contribution in [2.45, 2.75) is 64.9 Å². The van der Waals surface area contributed by atoms with E-state index in [2.05, 4.69) is 15.0 Å². The number of benzene rings is 1. The van der Waals surface area contributed by atoms with Crippen molar-refractivity contribution < 1.29 is 48.7 Å². The second-order valence-corrected chi connectivity index (χ2v) is 11.5. The summed E-state index contributed by atoms with van der Waals surface area (Å²) in [5, 5.41) is 33.1. The number of ether oxygens (including phenoxy) is 4. The van der Waals surface area contributed by atoms with E-state index in [0.29, 0.717) is 49.4 Å². The Labute approximate surface area is 266 Å². The number of cyclic esters (lactones) is 1. The number of amides is 1.